The third-order valence-electron chi connectivity index (χ3n) is 4.61. The van der Waals surface area contributed by atoms with Gasteiger partial charge in [0.15, 0.2) is 5.65 Å². The van der Waals surface area contributed by atoms with Crippen LogP contribution in [0.15, 0.2) is 12.4 Å². The molecule has 148 valence electrons. The molecule has 0 unspecified atom stereocenters. The molecule has 2 aromatic rings. The maximum Gasteiger partial charge on any atom is 0.471 e. The third kappa shape index (κ3) is 4.15. The number of hydrogen-bond acceptors (Lipinski definition) is 5. The van der Waals surface area contributed by atoms with Crippen LogP contribution in [0.4, 0.5) is 18.9 Å². The lowest BCUT2D eigenvalue weighted by atomic mass is 10.1. The van der Waals surface area contributed by atoms with Crippen molar-refractivity contribution in [3.05, 3.63) is 18.0 Å². The van der Waals surface area contributed by atoms with Gasteiger partial charge in [-0.1, -0.05) is 0 Å². The molecule has 1 amide bonds. The highest BCUT2D eigenvalue weighted by molar-refractivity contribution is 5.91. The van der Waals surface area contributed by atoms with E-state index in [-0.39, 0.29) is 12.6 Å². The van der Waals surface area contributed by atoms with Gasteiger partial charge in [0, 0.05) is 51.2 Å². The smallest absolute Gasteiger partial charge is 0.381 e. The number of fused-ring (bicyclic) bond motifs is 1. The minimum absolute atomic E-state index is 0.136. The molecule has 7 nitrogen and oxygen atoms in total. The van der Waals surface area contributed by atoms with Crippen molar-refractivity contribution in [2.24, 2.45) is 0 Å². The molecule has 3 heterocycles. The summed E-state index contributed by atoms with van der Waals surface area (Å²) >= 11 is 0. The Labute approximate surface area is 154 Å². The first kappa shape index (κ1) is 19.4. The quantitative estimate of drug-likeness (QED) is 0.857. The Bertz CT molecular complexity index is 815. The normalized spacial score (nSPS) is 15.9. The number of amides is 1. The average molecular weight is 385 g/mol. The first-order chi connectivity index (χ1) is 12.8. The van der Waals surface area contributed by atoms with E-state index >= 15 is 0 Å². The highest BCUT2D eigenvalue weighted by atomic mass is 19.4. The summed E-state index contributed by atoms with van der Waals surface area (Å²) < 4.78 is 45.3. The molecule has 0 saturated carbocycles. The topological polar surface area (TPSA) is 72.3 Å². The van der Waals surface area contributed by atoms with Crippen molar-refractivity contribution in [2.75, 3.05) is 25.6 Å². The second-order valence-electron chi connectivity index (χ2n) is 6.55. The number of aryl methyl sites for hydroxylation is 1. The van der Waals surface area contributed by atoms with Crippen LogP contribution in [0.2, 0.25) is 0 Å². The van der Waals surface area contributed by atoms with Crippen molar-refractivity contribution < 1.29 is 22.7 Å². The molecule has 0 aliphatic carbocycles. The number of carbonyl (C=O) groups is 1. The summed E-state index contributed by atoms with van der Waals surface area (Å²) in [7, 11) is 1.13. The maximum atomic E-state index is 12.7. The van der Waals surface area contributed by atoms with E-state index in [4.69, 9.17) is 4.74 Å². The Morgan fingerprint density at radius 2 is 2.07 bits per heavy atom. The first-order valence-corrected chi connectivity index (χ1v) is 8.81. The van der Waals surface area contributed by atoms with Crippen LogP contribution in [-0.2, 0) is 22.6 Å². The van der Waals surface area contributed by atoms with Gasteiger partial charge in [0.25, 0.3) is 0 Å². The average Bonchev–Trinajstić information content (AvgIpc) is 3.06. The van der Waals surface area contributed by atoms with Gasteiger partial charge in [-0.2, -0.15) is 18.3 Å². The molecule has 1 aliphatic rings. The zero-order valence-electron chi connectivity index (χ0n) is 15.2. The van der Waals surface area contributed by atoms with Gasteiger partial charge in [0.1, 0.15) is 0 Å². The van der Waals surface area contributed by atoms with Crippen molar-refractivity contribution in [3.8, 4) is 0 Å². The molecule has 0 aromatic carbocycles. The van der Waals surface area contributed by atoms with E-state index in [9.17, 15) is 18.0 Å². The fourth-order valence-corrected chi connectivity index (χ4v) is 3.18. The summed E-state index contributed by atoms with van der Waals surface area (Å²) in [6, 6.07) is 0.136. The number of halogens is 3. The van der Waals surface area contributed by atoms with Gasteiger partial charge in [-0.05, 0) is 19.8 Å². The number of hydrogen-bond donors (Lipinski definition) is 1. The lowest BCUT2D eigenvalue weighted by molar-refractivity contribution is -0.184. The summed E-state index contributed by atoms with van der Waals surface area (Å²) in [6.07, 6.45) is -0.154. The van der Waals surface area contributed by atoms with Crippen molar-refractivity contribution >= 4 is 22.6 Å². The SMILES string of the molecule is CCn1ncc2c(NC3CCOCC3)c(CN(C)C(=O)C(F)(F)F)cnc21. The van der Waals surface area contributed by atoms with E-state index in [1.54, 1.807) is 10.9 Å². The monoisotopic (exact) mass is 385 g/mol. The van der Waals surface area contributed by atoms with Crippen LogP contribution in [0.3, 0.4) is 0 Å². The number of nitrogens with one attached hydrogen (secondary N) is 1. The largest absolute Gasteiger partial charge is 0.471 e. The Morgan fingerprint density at radius 1 is 1.37 bits per heavy atom. The molecule has 10 heteroatoms. The number of alkyl halides is 3. The predicted molar refractivity (Wildman–Crippen MR) is 93.2 cm³/mol. The molecular formula is C17H22F3N5O2. The zero-order chi connectivity index (χ0) is 19.6. The second-order valence-corrected chi connectivity index (χ2v) is 6.55. The fraction of sp³-hybridized carbons (Fsp3) is 0.588. The molecule has 0 radical (unpaired) electrons. The van der Waals surface area contributed by atoms with Crippen molar-refractivity contribution in [2.45, 2.75) is 45.1 Å². The van der Waals surface area contributed by atoms with Gasteiger partial charge < -0.3 is 15.0 Å². The first-order valence-electron chi connectivity index (χ1n) is 8.81. The highest BCUT2D eigenvalue weighted by Crippen LogP contribution is 2.30. The Morgan fingerprint density at radius 3 is 2.70 bits per heavy atom. The summed E-state index contributed by atoms with van der Waals surface area (Å²) in [4.78, 5) is 16.5. The molecule has 0 bridgehead atoms. The van der Waals surface area contributed by atoms with Crippen molar-refractivity contribution in [1.82, 2.24) is 19.7 Å². The van der Waals surface area contributed by atoms with E-state index < -0.39 is 12.1 Å². The molecule has 3 rings (SSSR count). The van der Waals surface area contributed by atoms with E-state index in [1.807, 2.05) is 6.92 Å². The molecule has 0 atom stereocenters. The zero-order valence-corrected chi connectivity index (χ0v) is 15.2. The summed E-state index contributed by atoms with van der Waals surface area (Å²) in [5, 5.41) is 8.44. The van der Waals surface area contributed by atoms with Crippen molar-refractivity contribution in [3.63, 3.8) is 0 Å². The van der Waals surface area contributed by atoms with Crippen LogP contribution in [0, 0.1) is 0 Å². The molecule has 2 aromatic heterocycles. The summed E-state index contributed by atoms with van der Waals surface area (Å²) in [5.74, 6) is -1.89. The molecule has 1 saturated heterocycles. The van der Waals surface area contributed by atoms with Crippen molar-refractivity contribution in [1.29, 1.82) is 0 Å². The van der Waals surface area contributed by atoms with Gasteiger partial charge >= 0.3 is 12.1 Å². The minimum Gasteiger partial charge on any atom is -0.381 e. The highest BCUT2D eigenvalue weighted by Gasteiger charge is 2.41. The number of anilines is 1. The number of ether oxygens (including phenoxy) is 1. The number of nitrogens with zero attached hydrogens (tertiary/aromatic N) is 4. The maximum absolute atomic E-state index is 12.7. The minimum atomic E-state index is -4.91. The van der Waals surface area contributed by atoms with E-state index in [1.165, 1.54) is 6.20 Å². The molecular weight excluding hydrogens is 363 g/mol. The number of aromatic nitrogens is 3. The predicted octanol–water partition coefficient (Wildman–Crippen LogP) is 2.56. The molecule has 1 fully saturated rings. The van der Waals surface area contributed by atoms with Crippen LogP contribution in [0.1, 0.15) is 25.3 Å². The lowest BCUT2D eigenvalue weighted by Gasteiger charge is -2.27. The van der Waals surface area contributed by atoms with Gasteiger partial charge in [-0.3, -0.25) is 4.79 Å². The molecule has 27 heavy (non-hydrogen) atoms. The van der Waals surface area contributed by atoms with Crippen LogP contribution in [0.5, 0.6) is 0 Å². The second kappa shape index (κ2) is 7.71. The summed E-state index contributed by atoms with van der Waals surface area (Å²) in [6.45, 7) is 3.61. The Balaban J connectivity index is 1.95. The molecule has 1 N–H and O–H groups in total. The third-order valence-corrected chi connectivity index (χ3v) is 4.61. The van der Waals surface area contributed by atoms with Gasteiger partial charge in [0.2, 0.25) is 0 Å². The fourth-order valence-electron chi connectivity index (χ4n) is 3.18. The van der Waals surface area contributed by atoms with E-state index in [0.29, 0.717) is 41.6 Å². The van der Waals surface area contributed by atoms with Crippen LogP contribution in [-0.4, -0.2) is 58.1 Å². The lowest BCUT2D eigenvalue weighted by Crippen LogP contribution is -2.38. The van der Waals surface area contributed by atoms with Crippen LogP contribution in [0.25, 0.3) is 11.0 Å². The van der Waals surface area contributed by atoms with Crippen LogP contribution >= 0.6 is 0 Å². The Hall–Kier alpha value is -2.36. The molecule has 1 aliphatic heterocycles. The Kier molecular flexibility index (Phi) is 5.54. The summed E-state index contributed by atoms with van der Waals surface area (Å²) in [5.41, 5.74) is 1.85. The number of pyridine rings is 1. The number of rotatable bonds is 5. The molecule has 0 spiro atoms. The standard InChI is InChI=1S/C17H22F3N5O2/c1-3-25-15-13(9-22-25)14(23-12-4-6-27-7-5-12)11(8-21-15)10-24(2)16(26)17(18,19)20/h8-9,12H,3-7,10H2,1-2H3,(H,21,23). The van der Waals surface area contributed by atoms with E-state index in [0.717, 1.165) is 25.3 Å². The van der Waals surface area contributed by atoms with E-state index in [2.05, 4.69) is 15.4 Å². The van der Waals surface area contributed by atoms with Crippen LogP contribution < -0.4 is 5.32 Å². The number of carbonyl (C=O) groups excluding carboxylic acids is 1. The van der Waals surface area contributed by atoms with Gasteiger partial charge in [-0.25, -0.2) is 9.67 Å². The van der Waals surface area contributed by atoms with Gasteiger partial charge in [-0.15, -0.1) is 0 Å². The van der Waals surface area contributed by atoms with Gasteiger partial charge in [0.05, 0.1) is 17.3 Å².